The highest BCUT2D eigenvalue weighted by Crippen LogP contribution is 2.35. The van der Waals surface area contributed by atoms with E-state index >= 15 is 0 Å². The van der Waals surface area contributed by atoms with Gasteiger partial charge in [0.1, 0.15) is 9.71 Å². The number of likely N-dealkylation sites (tertiary alicyclic amines) is 2. The second kappa shape index (κ2) is 7.25. The molecule has 5 heterocycles. The molecule has 3 saturated heterocycles. The van der Waals surface area contributed by atoms with Crippen LogP contribution in [0.2, 0.25) is 5.28 Å². The van der Waals surface area contributed by atoms with E-state index in [-0.39, 0.29) is 5.28 Å². The maximum absolute atomic E-state index is 11.2. The van der Waals surface area contributed by atoms with Crippen molar-refractivity contribution in [2.24, 2.45) is 11.8 Å². The number of rotatable bonds is 3. The van der Waals surface area contributed by atoms with Gasteiger partial charge in [-0.05, 0) is 23.4 Å². The lowest BCUT2D eigenvalue weighted by molar-refractivity contribution is 0.122. The van der Waals surface area contributed by atoms with Crippen LogP contribution in [-0.2, 0) is 11.3 Å². The molecule has 3 aliphatic heterocycles. The van der Waals surface area contributed by atoms with Gasteiger partial charge >= 0.3 is 6.09 Å². The number of carbonyl (C=O) groups is 1. The largest absolute Gasteiger partial charge is 0.465 e. The van der Waals surface area contributed by atoms with Crippen molar-refractivity contribution < 1.29 is 14.6 Å². The molecule has 2 aromatic heterocycles. The molecule has 2 aromatic rings. The van der Waals surface area contributed by atoms with E-state index in [4.69, 9.17) is 21.3 Å². The fraction of sp³-hybridized carbons (Fsp3) is 0.647. The Morgan fingerprint density at radius 1 is 1.14 bits per heavy atom. The Balaban J connectivity index is 1.33. The summed E-state index contributed by atoms with van der Waals surface area (Å²) >= 11 is 7.77. The lowest BCUT2D eigenvalue weighted by Crippen LogP contribution is -2.36. The van der Waals surface area contributed by atoms with E-state index in [9.17, 15) is 9.90 Å². The van der Waals surface area contributed by atoms with E-state index in [0.717, 1.165) is 48.2 Å². The van der Waals surface area contributed by atoms with Gasteiger partial charge in [0.15, 0.2) is 11.5 Å². The Morgan fingerprint density at radius 3 is 2.54 bits per heavy atom. The molecule has 0 radical (unpaired) electrons. The van der Waals surface area contributed by atoms with Crippen molar-refractivity contribution in [3.8, 4) is 0 Å². The number of hydrogen-bond donors (Lipinski definition) is 1. The van der Waals surface area contributed by atoms with Crippen molar-refractivity contribution >= 4 is 45.2 Å². The molecule has 0 spiro atoms. The molecule has 28 heavy (non-hydrogen) atoms. The molecule has 1 N–H and O–H groups in total. The zero-order valence-electron chi connectivity index (χ0n) is 15.3. The molecule has 3 fully saturated rings. The average Bonchev–Trinajstić information content (AvgIpc) is 3.34. The van der Waals surface area contributed by atoms with Gasteiger partial charge in [-0.3, -0.25) is 4.90 Å². The first-order valence-electron chi connectivity index (χ1n) is 9.42. The van der Waals surface area contributed by atoms with Gasteiger partial charge in [-0.15, -0.1) is 11.3 Å². The van der Waals surface area contributed by atoms with Gasteiger partial charge in [0.25, 0.3) is 0 Å². The van der Waals surface area contributed by atoms with Crippen molar-refractivity contribution in [3.63, 3.8) is 0 Å². The summed E-state index contributed by atoms with van der Waals surface area (Å²) in [5.74, 6) is 1.68. The minimum absolute atomic E-state index is 0.218. The molecule has 2 unspecified atom stereocenters. The minimum atomic E-state index is -0.807. The number of amides is 1. The Hall–Kier alpha value is -1.75. The second-order valence-electron chi connectivity index (χ2n) is 7.58. The van der Waals surface area contributed by atoms with Crippen molar-refractivity contribution in [3.05, 3.63) is 10.3 Å². The van der Waals surface area contributed by atoms with Gasteiger partial charge in [-0.1, -0.05) is 0 Å². The maximum atomic E-state index is 11.2. The molecule has 1 amide bonds. The number of aromatic nitrogens is 3. The lowest BCUT2D eigenvalue weighted by Gasteiger charge is -2.27. The first kappa shape index (κ1) is 18.3. The van der Waals surface area contributed by atoms with Crippen LogP contribution in [0.3, 0.4) is 0 Å². The fourth-order valence-corrected chi connectivity index (χ4v) is 5.67. The molecule has 2 atom stereocenters. The maximum Gasteiger partial charge on any atom is 0.407 e. The number of ether oxygens (including phenoxy) is 1. The van der Waals surface area contributed by atoms with Crippen LogP contribution in [0.1, 0.15) is 5.01 Å². The summed E-state index contributed by atoms with van der Waals surface area (Å²) < 4.78 is 6.41. The number of carboxylic acid groups (broad SMARTS) is 1. The first-order valence-corrected chi connectivity index (χ1v) is 10.6. The molecule has 0 aromatic carbocycles. The van der Waals surface area contributed by atoms with Crippen LogP contribution in [0.5, 0.6) is 0 Å². The Bertz CT molecular complexity index is 890. The third-order valence-electron chi connectivity index (χ3n) is 5.75. The molecule has 0 saturated carbocycles. The van der Waals surface area contributed by atoms with E-state index in [1.54, 1.807) is 11.3 Å². The van der Waals surface area contributed by atoms with Crippen LogP contribution in [0.25, 0.3) is 10.3 Å². The Morgan fingerprint density at radius 2 is 1.86 bits per heavy atom. The average molecular weight is 425 g/mol. The highest BCUT2D eigenvalue weighted by Gasteiger charge is 2.41. The van der Waals surface area contributed by atoms with Gasteiger partial charge in [0.2, 0.25) is 5.28 Å². The van der Waals surface area contributed by atoms with Gasteiger partial charge in [0.05, 0.1) is 19.8 Å². The molecule has 0 bridgehead atoms. The lowest BCUT2D eigenvalue weighted by atomic mass is 10.0. The summed E-state index contributed by atoms with van der Waals surface area (Å²) in [5, 5.41) is 10.4. The summed E-state index contributed by atoms with van der Waals surface area (Å²) in [6, 6.07) is 0. The SMILES string of the molecule is O=C(O)N1CC2CN(Cc3nc4nc(Cl)nc(N5CCOCC5)c4s3)CC2C1. The summed E-state index contributed by atoms with van der Waals surface area (Å²) in [4.78, 5) is 30.7. The summed E-state index contributed by atoms with van der Waals surface area (Å²) in [7, 11) is 0. The predicted molar refractivity (Wildman–Crippen MR) is 105 cm³/mol. The second-order valence-corrected chi connectivity index (χ2v) is 9.00. The smallest absolute Gasteiger partial charge is 0.407 e. The van der Waals surface area contributed by atoms with Crippen molar-refractivity contribution in [1.29, 1.82) is 0 Å². The van der Waals surface area contributed by atoms with Crippen molar-refractivity contribution in [2.45, 2.75) is 6.54 Å². The van der Waals surface area contributed by atoms with Crippen molar-refractivity contribution in [2.75, 3.05) is 57.4 Å². The third-order valence-corrected chi connectivity index (χ3v) is 6.95. The normalized spacial score (nSPS) is 25.6. The molecule has 5 rings (SSSR count). The van der Waals surface area contributed by atoms with Gasteiger partial charge in [-0.25, -0.2) is 9.78 Å². The number of nitrogens with zero attached hydrogens (tertiary/aromatic N) is 6. The van der Waals surface area contributed by atoms with Crippen LogP contribution in [0.15, 0.2) is 0 Å². The van der Waals surface area contributed by atoms with Gasteiger partial charge < -0.3 is 19.6 Å². The standard InChI is InChI=1S/C17H21ClN6O3S/c18-16-20-14-13(15(21-16)23-1-3-27-4-2-23)28-12(19-14)9-22-5-10-7-24(17(25)26)8-11(10)6-22/h10-11H,1-9H2,(H,25,26). The molecule has 9 nitrogen and oxygen atoms in total. The number of thiazole rings is 1. The van der Waals surface area contributed by atoms with Crippen LogP contribution >= 0.6 is 22.9 Å². The zero-order valence-corrected chi connectivity index (χ0v) is 16.8. The molecule has 11 heteroatoms. The number of morpholine rings is 1. The van der Waals surface area contributed by atoms with E-state index in [0.29, 0.717) is 43.8 Å². The number of fused-ring (bicyclic) bond motifs is 2. The Labute approximate surface area is 170 Å². The molecule has 150 valence electrons. The molecular weight excluding hydrogens is 404 g/mol. The predicted octanol–water partition coefficient (Wildman–Crippen LogP) is 1.62. The minimum Gasteiger partial charge on any atom is -0.465 e. The van der Waals surface area contributed by atoms with Crippen molar-refractivity contribution in [1.82, 2.24) is 24.8 Å². The number of hydrogen-bond acceptors (Lipinski definition) is 8. The van der Waals surface area contributed by atoms with E-state index < -0.39 is 6.09 Å². The van der Waals surface area contributed by atoms with Gasteiger partial charge in [0, 0.05) is 39.3 Å². The van der Waals surface area contributed by atoms with Gasteiger partial charge in [-0.2, -0.15) is 9.97 Å². The molecule has 0 aliphatic carbocycles. The first-order chi connectivity index (χ1) is 13.6. The fourth-order valence-electron chi connectivity index (χ4n) is 4.45. The van der Waals surface area contributed by atoms with E-state index in [2.05, 4.69) is 19.8 Å². The topological polar surface area (TPSA) is 94.9 Å². The quantitative estimate of drug-likeness (QED) is 0.742. The number of halogens is 1. The number of anilines is 1. The molecular formula is C17H21ClN6O3S. The molecule has 3 aliphatic rings. The third kappa shape index (κ3) is 3.38. The van der Waals surface area contributed by atoms with Crippen LogP contribution in [0, 0.1) is 11.8 Å². The highest BCUT2D eigenvalue weighted by molar-refractivity contribution is 7.19. The highest BCUT2D eigenvalue weighted by atomic mass is 35.5. The van der Waals surface area contributed by atoms with E-state index in [1.165, 1.54) is 4.90 Å². The van der Waals surface area contributed by atoms with Crippen LogP contribution in [-0.4, -0.2) is 88.4 Å². The summed E-state index contributed by atoms with van der Waals surface area (Å²) in [5.41, 5.74) is 0.651. The van der Waals surface area contributed by atoms with Crippen LogP contribution in [0.4, 0.5) is 10.6 Å². The summed E-state index contributed by atoms with van der Waals surface area (Å²) in [6.45, 7) is 6.77. The van der Waals surface area contributed by atoms with E-state index in [1.807, 2.05) is 0 Å². The summed E-state index contributed by atoms with van der Waals surface area (Å²) in [6.07, 6.45) is -0.807. The zero-order chi connectivity index (χ0) is 19.3. The Kier molecular flexibility index (Phi) is 4.74. The monoisotopic (exact) mass is 424 g/mol. The van der Waals surface area contributed by atoms with Crippen LogP contribution < -0.4 is 4.90 Å².